The summed E-state index contributed by atoms with van der Waals surface area (Å²) >= 11 is 5.78. The Morgan fingerprint density at radius 3 is 2.55 bits per heavy atom. The number of nitrogens with one attached hydrogen (secondary N) is 1. The van der Waals surface area contributed by atoms with Gasteiger partial charge in [-0.15, -0.1) is 0 Å². The Morgan fingerprint density at radius 2 is 2.00 bits per heavy atom. The molecule has 5 nitrogen and oxygen atoms in total. The van der Waals surface area contributed by atoms with Gasteiger partial charge in [0, 0.05) is 6.20 Å². The van der Waals surface area contributed by atoms with Gasteiger partial charge in [-0.1, -0.05) is 17.7 Å². The van der Waals surface area contributed by atoms with Crippen LogP contribution in [0.15, 0.2) is 36.5 Å². The monoisotopic (exact) mass is 294 g/mol. The van der Waals surface area contributed by atoms with Crippen LogP contribution < -0.4 is 5.32 Å². The largest absolute Gasteiger partial charge is 0.477 e. The molecular formula is C13H8ClFN2O3. The van der Waals surface area contributed by atoms with Gasteiger partial charge in [-0.25, -0.2) is 14.2 Å². The fourth-order valence-corrected chi connectivity index (χ4v) is 1.67. The standard InChI is InChI=1S/C13H8ClFN2O3/c14-8-2-1-3-9(15)11(8)17-12(18)7-4-5-10(13(19)20)16-6-7/h1-6H,(H,17,18)(H,19,20). The number of hydrogen-bond acceptors (Lipinski definition) is 3. The molecule has 0 atom stereocenters. The Labute approximate surface area is 118 Å². The third-order valence-corrected chi connectivity index (χ3v) is 2.76. The van der Waals surface area contributed by atoms with E-state index in [-0.39, 0.29) is 22.0 Å². The molecule has 1 aromatic carbocycles. The summed E-state index contributed by atoms with van der Waals surface area (Å²) in [6, 6.07) is 6.47. The second kappa shape index (κ2) is 5.66. The van der Waals surface area contributed by atoms with Crippen LogP contribution in [0, 0.1) is 5.82 Å². The smallest absolute Gasteiger partial charge is 0.354 e. The fraction of sp³-hybridized carbons (Fsp3) is 0. The molecule has 7 heteroatoms. The molecule has 0 radical (unpaired) electrons. The van der Waals surface area contributed by atoms with Gasteiger partial charge in [0.05, 0.1) is 16.3 Å². The molecule has 0 aliphatic rings. The number of anilines is 1. The number of amides is 1. The van der Waals surface area contributed by atoms with E-state index in [1.54, 1.807) is 0 Å². The Morgan fingerprint density at radius 1 is 1.25 bits per heavy atom. The first-order valence-electron chi connectivity index (χ1n) is 5.44. The number of rotatable bonds is 3. The molecule has 0 aliphatic heterocycles. The van der Waals surface area contributed by atoms with Gasteiger partial charge in [0.1, 0.15) is 11.5 Å². The number of carbonyl (C=O) groups excluding carboxylic acids is 1. The first-order chi connectivity index (χ1) is 9.49. The van der Waals surface area contributed by atoms with Gasteiger partial charge < -0.3 is 10.4 Å². The van der Waals surface area contributed by atoms with Crippen molar-refractivity contribution in [2.45, 2.75) is 0 Å². The summed E-state index contributed by atoms with van der Waals surface area (Å²) < 4.78 is 13.5. The van der Waals surface area contributed by atoms with Gasteiger partial charge in [0.2, 0.25) is 0 Å². The number of hydrogen-bond donors (Lipinski definition) is 2. The predicted molar refractivity (Wildman–Crippen MR) is 70.6 cm³/mol. The molecule has 1 heterocycles. The highest BCUT2D eigenvalue weighted by molar-refractivity contribution is 6.33. The van der Waals surface area contributed by atoms with Crippen molar-refractivity contribution in [3.63, 3.8) is 0 Å². The maximum absolute atomic E-state index is 13.5. The summed E-state index contributed by atoms with van der Waals surface area (Å²) in [5.74, 6) is -2.50. The van der Waals surface area contributed by atoms with Crippen molar-refractivity contribution in [2.24, 2.45) is 0 Å². The van der Waals surface area contributed by atoms with E-state index >= 15 is 0 Å². The van der Waals surface area contributed by atoms with Crippen LogP contribution in [0.2, 0.25) is 5.02 Å². The Bertz CT molecular complexity index is 654. The van der Waals surface area contributed by atoms with Gasteiger partial charge >= 0.3 is 5.97 Å². The zero-order chi connectivity index (χ0) is 14.7. The van der Waals surface area contributed by atoms with Crippen LogP contribution in [0.1, 0.15) is 20.8 Å². The van der Waals surface area contributed by atoms with Crippen LogP contribution in [-0.4, -0.2) is 22.0 Å². The van der Waals surface area contributed by atoms with E-state index in [4.69, 9.17) is 16.7 Å². The van der Waals surface area contributed by atoms with Crippen molar-refractivity contribution >= 4 is 29.2 Å². The van der Waals surface area contributed by atoms with E-state index < -0.39 is 17.7 Å². The molecule has 0 unspecified atom stereocenters. The molecule has 0 saturated carbocycles. The SMILES string of the molecule is O=C(Nc1c(F)cccc1Cl)c1ccc(C(=O)O)nc1. The van der Waals surface area contributed by atoms with Gasteiger partial charge in [0.15, 0.2) is 0 Å². The third kappa shape index (κ3) is 2.92. The van der Waals surface area contributed by atoms with E-state index in [1.807, 2.05) is 0 Å². The van der Waals surface area contributed by atoms with Crippen molar-refractivity contribution in [1.29, 1.82) is 0 Å². The minimum absolute atomic E-state index is 0.0634. The molecule has 2 N–H and O–H groups in total. The van der Waals surface area contributed by atoms with Crippen LogP contribution in [0.5, 0.6) is 0 Å². The molecule has 0 fully saturated rings. The topological polar surface area (TPSA) is 79.3 Å². The number of halogens is 2. The zero-order valence-corrected chi connectivity index (χ0v) is 10.7. The average molecular weight is 295 g/mol. The molecule has 2 rings (SSSR count). The van der Waals surface area contributed by atoms with E-state index in [1.165, 1.54) is 24.3 Å². The van der Waals surface area contributed by atoms with Crippen LogP contribution in [0.25, 0.3) is 0 Å². The second-order valence-corrected chi connectivity index (χ2v) is 4.20. The lowest BCUT2D eigenvalue weighted by molar-refractivity contribution is 0.0690. The summed E-state index contributed by atoms with van der Waals surface area (Å²) in [5.41, 5.74) is -0.235. The van der Waals surface area contributed by atoms with Gasteiger partial charge in [-0.05, 0) is 24.3 Å². The average Bonchev–Trinajstić information content (AvgIpc) is 2.43. The summed E-state index contributed by atoms with van der Waals surface area (Å²) in [5, 5.41) is 11.1. The van der Waals surface area contributed by atoms with Gasteiger partial charge in [-0.3, -0.25) is 4.79 Å². The van der Waals surface area contributed by atoms with E-state index in [0.29, 0.717) is 0 Å². The van der Waals surface area contributed by atoms with Crippen molar-refractivity contribution in [1.82, 2.24) is 4.98 Å². The normalized spacial score (nSPS) is 10.1. The number of para-hydroxylation sites is 1. The molecule has 20 heavy (non-hydrogen) atoms. The number of carboxylic acids is 1. The molecule has 0 bridgehead atoms. The van der Waals surface area contributed by atoms with E-state index in [0.717, 1.165) is 12.3 Å². The Hall–Kier alpha value is -2.47. The molecule has 102 valence electrons. The highest BCUT2D eigenvalue weighted by Gasteiger charge is 2.13. The quantitative estimate of drug-likeness (QED) is 0.912. The zero-order valence-electron chi connectivity index (χ0n) is 9.93. The number of nitrogens with zero attached hydrogens (tertiary/aromatic N) is 1. The van der Waals surface area contributed by atoms with Crippen LogP contribution in [0.4, 0.5) is 10.1 Å². The van der Waals surface area contributed by atoms with Crippen molar-refractivity contribution in [3.05, 3.63) is 58.6 Å². The number of carbonyl (C=O) groups is 2. The minimum atomic E-state index is -1.20. The molecule has 0 spiro atoms. The van der Waals surface area contributed by atoms with Crippen molar-refractivity contribution in [2.75, 3.05) is 5.32 Å². The number of carboxylic acid groups (broad SMARTS) is 1. The lowest BCUT2D eigenvalue weighted by Gasteiger charge is -2.08. The van der Waals surface area contributed by atoms with Crippen LogP contribution >= 0.6 is 11.6 Å². The Kier molecular flexibility index (Phi) is 3.95. The number of aromatic carboxylic acids is 1. The molecule has 1 aromatic heterocycles. The molecule has 0 saturated heterocycles. The van der Waals surface area contributed by atoms with Crippen LogP contribution in [-0.2, 0) is 0 Å². The second-order valence-electron chi connectivity index (χ2n) is 3.79. The summed E-state index contributed by atoms with van der Waals surface area (Å²) in [6.07, 6.45) is 1.09. The first kappa shape index (κ1) is 14.0. The fourth-order valence-electron chi connectivity index (χ4n) is 1.46. The van der Waals surface area contributed by atoms with Crippen LogP contribution in [0.3, 0.4) is 0 Å². The molecule has 0 aliphatic carbocycles. The minimum Gasteiger partial charge on any atom is -0.477 e. The van der Waals surface area contributed by atoms with Crippen molar-refractivity contribution < 1.29 is 19.1 Å². The number of pyridine rings is 1. The van der Waals surface area contributed by atoms with Gasteiger partial charge in [0.25, 0.3) is 5.91 Å². The number of benzene rings is 1. The lowest BCUT2D eigenvalue weighted by Crippen LogP contribution is -2.14. The van der Waals surface area contributed by atoms with E-state index in [9.17, 15) is 14.0 Å². The molecular weight excluding hydrogens is 287 g/mol. The van der Waals surface area contributed by atoms with E-state index in [2.05, 4.69) is 10.3 Å². The number of aromatic nitrogens is 1. The molecule has 2 aromatic rings. The highest BCUT2D eigenvalue weighted by Crippen LogP contribution is 2.25. The van der Waals surface area contributed by atoms with Crippen molar-refractivity contribution in [3.8, 4) is 0 Å². The summed E-state index contributed by atoms with van der Waals surface area (Å²) in [6.45, 7) is 0. The third-order valence-electron chi connectivity index (χ3n) is 2.45. The maximum atomic E-state index is 13.5. The first-order valence-corrected chi connectivity index (χ1v) is 5.81. The molecule has 1 amide bonds. The predicted octanol–water partition coefficient (Wildman–Crippen LogP) is 2.82. The summed E-state index contributed by atoms with van der Waals surface area (Å²) in [7, 11) is 0. The Balaban J connectivity index is 2.22. The highest BCUT2D eigenvalue weighted by atomic mass is 35.5. The lowest BCUT2D eigenvalue weighted by atomic mass is 10.2. The van der Waals surface area contributed by atoms with Gasteiger partial charge in [-0.2, -0.15) is 0 Å². The summed E-state index contributed by atoms with van der Waals surface area (Å²) in [4.78, 5) is 26.1. The maximum Gasteiger partial charge on any atom is 0.354 e.